The molecule has 0 spiro atoms. The minimum absolute atomic E-state index is 0.371. The van der Waals surface area contributed by atoms with Gasteiger partial charge in [-0.05, 0) is 14.0 Å². The van der Waals surface area contributed by atoms with Gasteiger partial charge < -0.3 is 4.74 Å². The number of hydrogen-bond acceptors (Lipinski definition) is 4. The van der Waals surface area contributed by atoms with Gasteiger partial charge in [-0.15, -0.1) is 0 Å². The van der Waals surface area contributed by atoms with Crippen LogP contribution in [0, 0.1) is 11.3 Å². The van der Waals surface area contributed by atoms with Crippen LogP contribution in [-0.2, 0) is 4.74 Å². The number of methoxy groups -OCH3 is 1. The molecule has 1 fully saturated rings. The first-order valence-electron chi connectivity index (χ1n) is 5.49. The number of piperazine rings is 1. The van der Waals surface area contributed by atoms with Crippen LogP contribution in [0.3, 0.4) is 0 Å². The van der Waals surface area contributed by atoms with E-state index in [4.69, 9.17) is 10.00 Å². The molecule has 1 saturated heterocycles. The molecular weight excluding hydrogens is 190 g/mol. The monoisotopic (exact) mass is 211 g/mol. The van der Waals surface area contributed by atoms with Crippen LogP contribution in [0.4, 0.5) is 0 Å². The summed E-state index contributed by atoms with van der Waals surface area (Å²) in [6.45, 7) is 6.01. The third kappa shape index (κ3) is 3.45. The van der Waals surface area contributed by atoms with E-state index in [1.54, 1.807) is 7.11 Å². The molecular formula is C11H21N3O. The summed E-state index contributed by atoms with van der Waals surface area (Å²) in [7, 11) is 3.84. The maximum absolute atomic E-state index is 8.77. The highest BCUT2D eigenvalue weighted by atomic mass is 16.5. The fraction of sp³-hybridized carbons (Fsp3) is 0.909. The molecule has 0 bridgehead atoms. The summed E-state index contributed by atoms with van der Waals surface area (Å²) in [5.41, 5.74) is 0. The number of nitrogens with zero attached hydrogens (tertiary/aromatic N) is 3. The van der Waals surface area contributed by atoms with Crippen molar-refractivity contribution in [2.24, 2.45) is 0 Å². The van der Waals surface area contributed by atoms with Crippen LogP contribution in [0.2, 0.25) is 0 Å². The van der Waals surface area contributed by atoms with Crippen LogP contribution in [0.25, 0.3) is 0 Å². The number of ether oxygens (including phenoxy) is 1. The number of hydrogen-bond donors (Lipinski definition) is 0. The normalized spacial score (nSPS) is 28.9. The maximum Gasteiger partial charge on any atom is 0.0638 e. The Labute approximate surface area is 92.4 Å². The molecule has 0 saturated carbocycles. The molecule has 4 heteroatoms. The lowest BCUT2D eigenvalue weighted by Gasteiger charge is -2.43. The molecule has 4 nitrogen and oxygen atoms in total. The van der Waals surface area contributed by atoms with Crippen molar-refractivity contribution in [3.8, 4) is 6.07 Å². The Bertz CT molecular complexity index is 226. The summed E-state index contributed by atoms with van der Waals surface area (Å²) in [4.78, 5) is 4.70. The number of rotatable bonds is 4. The van der Waals surface area contributed by atoms with E-state index in [0.29, 0.717) is 18.5 Å². The van der Waals surface area contributed by atoms with Crippen LogP contribution in [0.15, 0.2) is 0 Å². The van der Waals surface area contributed by atoms with Crippen LogP contribution < -0.4 is 0 Å². The predicted molar refractivity (Wildman–Crippen MR) is 59.6 cm³/mol. The van der Waals surface area contributed by atoms with Gasteiger partial charge in [-0.1, -0.05) is 0 Å². The van der Waals surface area contributed by atoms with Crippen LogP contribution in [-0.4, -0.2) is 62.3 Å². The zero-order valence-electron chi connectivity index (χ0n) is 9.94. The van der Waals surface area contributed by atoms with Gasteiger partial charge in [-0.3, -0.25) is 9.80 Å². The van der Waals surface area contributed by atoms with Gasteiger partial charge in [0.15, 0.2) is 0 Å². The summed E-state index contributed by atoms with van der Waals surface area (Å²) >= 11 is 0. The van der Waals surface area contributed by atoms with Gasteiger partial charge >= 0.3 is 0 Å². The summed E-state index contributed by atoms with van der Waals surface area (Å²) < 4.78 is 5.08. The minimum atomic E-state index is 0.371. The summed E-state index contributed by atoms with van der Waals surface area (Å²) in [5.74, 6) is 0. The lowest BCUT2D eigenvalue weighted by Crippen LogP contribution is -2.56. The van der Waals surface area contributed by atoms with Crippen molar-refractivity contribution in [3.63, 3.8) is 0 Å². The van der Waals surface area contributed by atoms with Crippen LogP contribution >= 0.6 is 0 Å². The summed E-state index contributed by atoms with van der Waals surface area (Å²) in [5, 5.41) is 8.77. The molecule has 1 heterocycles. The highest BCUT2D eigenvalue weighted by Crippen LogP contribution is 2.15. The Morgan fingerprint density at radius 1 is 1.47 bits per heavy atom. The largest absolute Gasteiger partial charge is 0.383 e. The van der Waals surface area contributed by atoms with E-state index in [1.807, 2.05) is 0 Å². The van der Waals surface area contributed by atoms with E-state index >= 15 is 0 Å². The zero-order valence-corrected chi connectivity index (χ0v) is 9.94. The van der Waals surface area contributed by atoms with Gasteiger partial charge in [0.05, 0.1) is 19.1 Å². The Morgan fingerprint density at radius 2 is 2.20 bits per heavy atom. The SMILES string of the molecule is COCCN1CC(C)N(C)C(CC#N)C1. The van der Waals surface area contributed by atoms with Crippen molar-refractivity contribution in [1.82, 2.24) is 9.80 Å². The van der Waals surface area contributed by atoms with Gasteiger partial charge in [-0.25, -0.2) is 0 Å². The Kier molecular flexibility index (Phi) is 5.03. The highest BCUT2D eigenvalue weighted by Gasteiger charge is 2.28. The number of nitriles is 1. The average molecular weight is 211 g/mol. The second kappa shape index (κ2) is 6.06. The van der Waals surface area contributed by atoms with E-state index in [-0.39, 0.29) is 0 Å². The quantitative estimate of drug-likeness (QED) is 0.681. The topological polar surface area (TPSA) is 39.5 Å². The first-order chi connectivity index (χ1) is 7.19. The Hall–Kier alpha value is -0.630. The first kappa shape index (κ1) is 12.4. The lowest BCUT2D eigenvalue weighted by molar-refractivity contribution is 0.0383. The molecule has 1 aliphatic rings. The second-order valence-corrected chi connectivity index (χ2v) is 4.28. The van der Waals surface area contributed by atoms with Crippen LogP contribution in [0.5, 0.6) is 0 Å². The van der Waals surface area contributed by atoms with Gasteiger partial charge in [0, 0.05) is 38.8 Å². The molecule has 0 amide bonds. The molecule has 86 valence electrons. The molecule has 1 rings (SSSR count). The van der Waals surface area contributed by atoms with Gasteiger partial charge in [0.1, 0.15) is 0 Å². The van der Waals surface area contributed by atoms with Crippen molar-refractivity contribution in [3.05, 3.63) is 0 Å². The molecule has 2 unspecified atom stereocenters. The van der Waals surface area contributed by atoms with E-state index in [2.05, 4.69) is 29.8 Å². The zero-order chi connectivity index (χ0) is 11.3. The van der Waals surface area contributed by atoms with Gasteiger partial charge in [0.2, 0.25) is 0 Å². The predicted octanol–water partition coefficient (Wildman–Crippen LogP) is 0.551. The molecule has 0 radical (unpaired) electrons. The van der Waals surface area contributed by atoms with Crippen molar-refractivity contribution < 1.29 is 4.74 Å². The van der Waals surface area contributed by atoms with E-state index in [9.17, 15) is 0 Å². The third-order valence-electron chi connectivity index (χ3n) is 3.20. The minimum Gasteiger partial charge on any atom is -0.383 e. The summed E-state index contributed by atoms with van der Waals surface area (Å²) in [6, 6.07) is 3.16. The average Bonchev–Trinajstić information content (AvgIpc) is 2.22. The van der Waals surface area contributed by atoms with Crippen molar-refractivity contribution in [1.29, 1.82) is 5.26 Å². The fourth-order valence-electron chi connectivity index (χ4n) is 2.08. The van der Waals surface area contributed by atoms with Gasteiger partial charge in [-0.2, -0.15) is 5.26 Å². The Morgan fingerprint density at radius 3 is 2.80 bits per heavy atom. The lowest BCUT2D eigenvalue weighted by atomic mass is 10.1. The fourth-order valence-corrected chi connectivity index (χ4v) is 2.08. The number of likely N-dealkylation sites (N-methyl/N-ethyl adjacent to an activating group) is 1. The third-order valence-corrected chi connectivity index (χ3v) is 3.20. The molecule has 0 aromatic carbocycles. The second-order valence-electron chi connectivity index (χ2n) is 4.28. The van der Waals surface area contributed by atoms with E-state index in [0.717, 1.165) is 26.2 Å². The molecule has 2 atom stereocenters. The Balaban J connectivity index is 2.47. The highest BCUT2D eigenvalue weighted by molar-refractivity contribution is 4.90. The van der Waals surface area contributed by atoms with Crippen molar-refractivity contribution in [2.45, 2.75) is 25.4 Å². The molecule has 0 aromatic heterocycles. The molecule has 0 aromatic rings. The first-order valence-corrected chi connectivity index (χ1v) is 5.49. The van der Waals surface area contributed by atoms with Crippen LogP contribution in [0.1, 0.15) is 13.3 Å². The van der Waals surface area contributed by atoms with Gasteiger partial charge in [0.25, 0.3) is 0 Å². The maximum atomic E-state index is 8.77. The van der Waals surface area contributed by atoms with E-state index in [1.165, 1.54) is 0 Å². The van der Waals surface area contributed by atoms with Crippen molar-refractivity contribution >= 4 is 0 Å². The molecule has 0 aliphatic carbocycles. The summed E-state index contributed by atoms with van der Waals surface area (Å²) in [6.07, 6.45) is 0.615. The van der Waals surface area contributed by atoms with E-state index < -0.39 is 0 Å². The molecule has 15 heavy (non-hydrogen) atoms. The molecule has 0 N–H and O–H groups in total. The van der Waals surface area contributed by atoms with Crippen molar-refractivity contribution in [2.75, 3.05) is 40.4 Å². The smallest absolute Gasteiger partial charge is 0.0638 e. The molecule has 1 aliphatic heterocycles. The standard InChI is InChI=1S/C11H21N3O/c1-10-8-14(6-7-15-3)9-11(4-5-12)13(10)2/h10-11H,4,6-9H2,1-3H3.